The predicted molar refractivity (Wildman–Crippen MR) is 180 cm³/mol. The van der Waals surface area contributed by atoms with Crippen molar-refractivity contribution in [2.75, 3.05) is 42.4 Å². The van der Waals surface area contributed by atoms with Crippen LogP contribution in [-0.2, 0) is 27.7 Å². The Labute approximate surface area is 277 Å². The molecule has 0 unspecified atom stereocenters. The number of sulfone groups is 1. The van der Waals surface area contributed by atoms with Gasteiger partial charge in [0.15, 0.2) is 21.3 Å². The van der Waals surface area contributed by atoms with Crippen LogP contribution in [0.15, 0.2) is 59.8 Å². The van der Waals surface area contributed by atoms with Crippen LogP contribution < -0.4 is 20.9 Å². The van der Waals surface area contributed by atoms with E-state index in [1.54, 1.807) is 32.3 Å². The molecule has 48 heavy (non-hydrogen) atoms. The summed E-state index contributed by atoms with van der Waals surface area (Å²) < 4.78 is 24.6. The summed E-state index contributed by atoms with van der Waals surface area (Å²) in [6.07, 6.45) is 4.78. The van der Waals surface area contributed by atoms with E-state index in [0.717, 1.165) is 35.2 Å². The van der Waals surface area contributed by atoms with Crippen molar-refractivity contribution in [3.63, 3.8) is 0 Å². The van der Waals surface area contributed by atoms with E-state index >= 15 is 0 Å². The number of carbonyl (C=O) groups excluding carboxylic acids is 3. The molecule has 3 N–H and O–H groups in total. The third-order valence-electron chi connectivity index (χ3n) is 8.30. The first-order valence-corrected chi connectivity index (χ1v) is 17.1. The minimum Gasteiger partial charge on any atom is -0.368 e. The summed E-state index contributed by atoms with van der Waals surface area (Å²) in [6.45, 7) is 2.15. The van der Waals surface area contributed by atoms with Crippen molar-refractivity contribution in [2.24, 2.45) is 5.92 Å². The van der Waals surface area contributed by atoms with Crippen molar-refractivity contribution in [1.82, 2.24) is 30.4 Å². The highest BCUT2D eigenvalue weighted by molar-refractivity contribution is 7.91. The van der Waals surface area contributed by atoms with Crippen LogP contribution in [0.1, 0.15) is 52.0 Å². The minimum atomic E-state index is -3.41. The third-order valence-corrected chi connectivity index (χ3v) is 10.0. The maximum Gasteiger partial charge on any atom is 0.273 e. The maximum atomic E-state index is 13.4. The summed E-state index contributed by atoms with van der Waals surface area (Å²) in [7, 11) is 1.64. The molecule has 1 aromatic carbocycles. The molecule has 1 fully saturated rings. The molecule has 4 aromatic rings. The van der Waals surface area contributed by atoms with E-state index in [-0.39, 0.29) is 52.1 Å². The number of anilines is 4. The molecule has 6 rings (SSSR count). The van der Waals surface area contributed by atoms with Gasteiger partial charge in [-0.05, 0) is 42.7 Å². The van der Waals surface area contributed by atoms with Crippen LogP contribution in [0.25, 0.3) is 11.1 Å². The lowest BCUT2D eigenvalue weighted by atomic mass is 9.93. The van der Waals surface area contributed by atoms with E-state index in [9.17, 15) is 22.8 Å². The number of hydrogen-bond donors (Lipinski definition) is 3. The molecule has 0 atom stereocenters. The number of rotatable bonds is 10. The van der Waals surface area contributed by atoms with Gasteiger partial charge in [-0.1, -0.05) is 19.1 Å². The Balaban J connectivity index is 1.26. The van der Waals surface area contributed by atoms with E-state index in [1.165, 1.54) is 30.3 Å². The molecule has 3 amide bonds. The molecule has 1 saturated carbocycles. The molecular formula is C33H35N9O5S. The number of carbonyl (C=O) groups is 3. The van der Waals surface area contributed by atoms with Gasteiger partial charge in [0.1, 0.15) is 5.69 Å². The molecule has 1 aliphatic heterocycles. The van der Waals surface area contributed by atoms with Crippen molar-refractivity contribution >= 4 is 50.4 Å². The Kier molecular flexibility index (Phi) is 8.79. The zero-order valence-corrected chi connectivity index (χ0v) is 27.8. The van der Waals surface area contributed by atoms with Crippen molar-refractivity contribution in [3.05, 3.63) is 77.5 Å². The molecular weight excluding hydrogens is 634 g/mol. The molecule has 2 aliphatic rings. The molecule has 0 spiro atoms. The van der Waals surface area contributed by atoms with Gasteiger partial charge < -0.3 is 25.8 Å². The summed E-state index contributed by atoms with van der Waals surface area (Å²) in [5.74, 6) is -0.703. The second-order valence-electron chi connectivity index (χ2n) is 11.8. The van der Waals surface area contributed by atoms with E-state index in [4.69, 9.17) is 0 Å². The summed E-state index contributed by atoms with van der Waals surface area (Å²) in [5, 5.41) is 16.9. The average Bonchev–Trinajstić information content (AvgIpc) is 3.94. The molecule has 0 radical (unpaired) electrons. The Morgan fingerprint density at radius 1 is 1.02 bits per heavy atom. The molecule has 248 valence electrons. The van der Waals surface area contributed by atoms with E-state index in [0.29, 0.717) is 23.6 Å². The van der Waals surface area contributed by atoms with Crippen LogP contribution in [0.4, 0.5) is 22.9 Å². The first-order chi connectivity index (χ1) is 23.0. The van der Waals surface area contributed by atoms with Gasteiger partial charge in [-0.25, -0.2) is 8.42 Å². The van der Waals surface area contributed by atoms with Crippen LogP contribution in [0, 0.1) is 5.92 Å². The summed E-state index contributed by atoms with van der Waals surface area (Å²) >= 11 is 0. The fraction of sp³-hybridized carbons (Fsp3) is 0.303. The van der Waals surface area contributed by atoms with Crippen LogP contribution >= 0.6 is 0 Å². The number of para-hydroxylation sites is 1. The van der Waals surface area contributed by atoms with Crippen LogP contribution in [0.3, 0.4) is 0 Å². The molecule has 1 aliphatic carbocycles. The lowest BCUT2D eigenvalue weighted by Gasteiger charge is -2.32. The van der Waals surface area contributed by atoms with E-state index < -0.39 is 15.7 Å². The van der Waals surface area contributed by atoms with Gasteiger partial charge in [0.25, 0.3) is 11.8 Å². The smallest absolute Gasteiger partial charge is 0.273 e. The fourth-order valence-corrected chi connectivity index (χ4v) is 6.48. The first-order valence-electron chi connectivity index (χ1n) is 15.4. The lowest BCUT2D eigenvalue weighted by Crippen LogP contribution is -2.28. The molecule has 15 heteroatoms. The number of nitrogens with zero attached hydrogens (tertiary/aromatic N) is 6. The summed E-state index contributed by atoms with van der Waals surface area (Å²) in [6, 6.07) is 12.0. The quantitative estimate of drug-likeness (QED) is 0.225. The van der Waals surface area contributed by atoms with Gasteiger partial charge >= 0.3 is 0 Å². The number of fused-ring (bicyclic) bond motifs is 3. The van der Waals surface area contributed by atoms with Gasteiger partial charge in [0.05, 0.1) is 39.9 Å². The van der Waals surface area contributed by atoms with Gasteiger partial charge in [-0.2, -0.15) is 0 Å². The summed E-state index contributed by atoms with van der Waals surface area (Å²) in [5.41, 5.74) is 5.29. The number of benzene rings is 1. The van der Waals surface area contributed by atoms with E-state index in [2.05, 4.69) is 36.1 Å². The highest BCUT2D eigenvalue weighted by Crippen LogP contribution is 2.44. The largest absolute Gasteiger partial charge is 0.368 e. The number of hydrogen-bond acceptors (Lipinski definition) is 11. The number of aromatic nitrogens is 4. The number of nitrogens with one attached hydrogen (secondary N) is 3. The van der Waals surface area contributed by atoms with Crippen LogP contribution in [0.5, 0.6) is 0 Å². The Morgan fingerprint density at radius 2 is 1.81 bits per heavy atom. The van der Waals surface area contributed by atoms with Crippen molar-refractivity contribution in [3.8, 4) is 11.1 Å². The van der Waals surface area contributed by atoms with Crippen LogP contribution in [-0.4, -0.2) is 78.1 Å². The third kappa shape index (κ3) is 6.53. The topological polar surface area (TPSA) is 179 Å². The van der Waals surface area contributed by atoms with Crippen molar-refractivity contribution < 1.29 is 22.8 Å². The van der Waals surface area contributed by atoms with Gasteiger partial charge in [0.2, 0.25) is 5.91 Å². The van der Waals surface area contributed by atoms with Gasteiger partial charge in [-0.3, -0.25) is 24.4 Å². The Hall–Kier alpha value is -5.44. The normalized spacial score (nSPS) is 13.6. The lowest BCUT2D eigenvalue weighted by molar-refractivity contribution is -0.117. The van der Waals surface area contributed by atoms with Crippen LogP contribution in [0.2, 0.25) is 0 Å². The first kappa shape index (κ1) is 32.5. The van der Waals surface area contributed by atoms with Crippen molar-refractivity contribution in [1.29, 1.82) is 0 Å². The number of amides is 3. The molecule has 0 bridgehead atoms. The maximum absolute atomic E-state index is 13.4. The summed E-state index contributed by atoms with van der Waals surface area (Å²) in [4.78, 5) is 50.9. The fourth-order valence-electron chi connectivity index (χ4n) is 5.56. The standard InChI is InChI=1S/C33H35N9O5S/c1-5-48(46,47)22-11-12-35-21(14-22)18-42(4)33(45)27-13-20-17-41(3)30-23(24(20)16-36-27)7-6-8-25(30)37-26-15-28(38-31(43)19-9-10-19)39-40-29(26)32(44)34-2/h6-8,11-16,19H,5,9-10,17-18H2,1-4H3,(H,34,44)(H2,37,38,39,43). The number of pyridine rings is 2. The minimum absolute atomic E-state index is 0.0257. The molecule has 0 saturated heterocycles. The zero-order chi connectivity index (χ0) is 34.2. The van der Waals surface area contributed by atoms with Crippen molar-refractivity contribution in [2.45, 2.75) is 37.8 Å². The predicted octanol–water partition coefficient (Wildman–Crippen LogP) is 3.40. The monoisotopic (exact) mass is 669 g/mol. The average molecular weight is 670 g/mol. The second-order valence-corrected chi connectivity index (χ2v) is 14.1. The van der Waals surface area contributed by atoms with Gasteiger partial charge in [0, 0.05) is 63.2 Å². The highest BCUT2D eigenvalue weighted by atomic mass is 32.2. The molecule has 14 nitrogen and oxygen atoms in total. The SMILES string of the molecule is CCS(=O)(=O)c1ccnc(CN(C)C(=O)c2cc3c(cn2)-c2cccc(Nc4cc(NC(=O)C5CC5)nnc4C(=O)NC)c2N(C)C3)c1. The second kappa shape index (κ2) is 13.0. The Bertz CT molecular complexity index is 2050. The molecule has 4 heterocycles. The van der Waals surface area contributed by atoms with Gasteiger partial charge in [-0.15, -0.1) is 10.2 Å². The highest BCUT2D eigenvalue weighted by Gasteiger charge is 2.31. The zero-order valence-electron chi connectivity index (χ0n) is 26.9. The molecule has 3 aromatic heterocycles. The Morgan fingerprint density at radius 3 is 2.54 bits per heavy atom. The van der Waals surface area contributed by atoms with E-state index in [1.807, 2.05) is 30.1 Å².